The first-order valence-corrected chi connectivity index (χ1v) is 7.04. The van der Waals surface area contributed by atoms with E-state index >= 15 is 0 Å². The molecule has 0 spiro atoms. The van der Waals surface area contributed by atoms with Crippen LogP contribution in [0.15, 0.2) is 0 Å². The fourth-order valence-electron chi connectivity index (χ4n) is 1.22. The van der Waals surface area contributed by atoms with E-state index in [0.717, 1.165) is 19.1 Å². The average Bonchev–Trinajstić information content (AvgIpc) is 2.24. The lowest BCUT2D eigenvalue weighted by atomic mass is 10.3. The van der Waals surface area contributed by atoms with Crippen molar-refractivity contribution in [2.75, 3.05) is 34.4 Å². The summed E-state index contributed by atoms with van der Waals surface area (Å²) in [5, 5.41) is 3.34. The quantitative estimate of drug-likeness (QED) is 0.470. The molecule has 1 N–H and O–H groups in total. The van der Waals surface area contributed by atoms with Crippen molar-refractivity contribution < 1.29 is 13.3 Å². The van der Waals surface area contributed by atoms with Crippen LogP contribution in [0.5, 0.6) is 0 Å². The molecule has 0 amide bonds. The molecule has 0 atom stereocenters. The first-order chi connectivity index (χ1) is 6.74. The molecule has 0 aliphatic heterocycles. The lowest BCUT2D eigenvalue weighted by Gasteiger charge is -2.24. The van der Waals surface area contributed by atoms with Crippen LogP contribution in [0.25, 0.3) is 0 Å². The summed E-state index contributed by atoms with van der Waals surface area (Å²) in [5.41, 5.74) is 0. The van der Waals surface area contributed by atoms with Crippen LogP contribution in [0.1, 0.15) is 19.8 Å². The Hall–Kier alpha value is 0.0569. The van der Waals surface area contributed by atoms with Gasteiger partial charge >= 0.3 is 8.80 Å². The third-order valence-electron chi connectivity index (χ3n) is 2.25. The van der Waals surface area contributed by atoms with Gasteiger partial charge in [-0.15, -0.1) is 0 Å². The molecule has 0 saturated heterocycles. The maximum atomic E-state index is 5.30. The van der Waals surface area contributed by atoms with Crippen LogP contribution in [-0.2, 0) is 13.3 Å². The summed E-state index contributed by atoms with van der Waals surface area (Å²) in [7, 11) is 2.59. The van der Waals surface area contributed by atoms with E-state index in [1.807, 2.05) is 0 Å². The molecule has 0 heterocycles. The van der Waals surface area contributed by atoms with Gasteiger partial charge in [0, 0.05) is 27.4 Å². The summed E-state index contributed by atoms with van der Waals surface area (Å²) < 4.78 is 15.9. The van der Waals surface area contributed by atoms with Crippen LogP contribution in [0, 0.1) is 0 Å². The third kappa shape index (κ3) is 5.07. The van der Waals surface area contributed by atoms with Crippen LogP contribution >= 0.6 is 0 Å². The van der Waals surface area contributed by atoms with E-state index in [9.17, 15) is 0 Å². The highest BCUT2D eigenvalue weighted by atomic mass is 28.4. The topological polar surface area (TPSA) is 39.7 Å². The molecule has 86 valence electrons. The van der Waals surface area contributed by atoms with E-state index in [0.29, 0.717) is 0 Å². The maximum Gasteiger partial charge on any atom is 0.501 e. The fraction of sp³-hybridized carbons (Fsp3) is 1.00. The standard InChI is InChI=1S/C9H23NO3Si/c1-5-6-7-10-8-9-14(11-2,12-3)13-4/h10H,5-9H2,1-4H3. The molecule has 4 nitrogen and oxygen atoms in total. The van der Waals surface area contributed by atoms with Gasteiger partial charge in [0.25, 0.3) is 0 Å². The van der Waals surface area contributed by atoms with Gasteiger partial charge in [-0.2, -0.15) is 0 Å². The second kappa shape index (κ2) is 8.37. The van der Waals surface area contributed by atoms with Crippen LogP contribution in [-0.4, -0.2) is 43.2 Å². The van der Waals surface area contributed by atoms with Gasteiger partial charge in [0.1, 0.15) is 0 Å². The largest absolute Gasteiger partial charge is 0.501 e. The zero-order valence-corrected chi connectivity index (χ0v) is 10.8. The van der Waals surface area contributed by atoms with Crippen LogP contribution < -0.4 is 5.32 Å². The van der Waals surface area contributed by atoms with Gasteiger partial charge in [-0.25, -0.2) is 0 Å². The van der Waals surface area contributed by atoms with Crippen molar-refractivity contribution in [1.82, 2.24) is 5.32 Å². The van der Waals surface area contributed by atoms with Crippen molar-refractivity contribution in [2.24, 2.45) is 0 Å². The molecule has 0 aromatic rings. The van der Waals surface area contributed by atoms with E-state index in [2.05, 4.69) is 12.2 Å². The van der Waals surface area contributed by atoms with Gasteiger partial charge in [-0.1, -0.05) is 13.3 Å². The zero-order valence-electron chi connectivity index (χ0n) is 9.76. The molecule has 0 aliphatic rings. The Morgan fingerprint density at radius 2 is 1.57 bits per heavy atom. The van der Waals surface area contributed by atoms with Crippen molar-refractivity contribution in [1.29, 1.82) is 0 Å². The molecule has 0 radical (unpaired) electrons. The minimum Gasteiger partial charge on any atom is -0.377 e. The Morgan fingerprint density at radius 1 is 1.00 bits per heavy atom. The van der Waals surface area contributed by atoms with Crippen LogP contribution in [0.4, 0.5) is 0 Å². The zero-order chi connectivity index (χ0) is 10.9. The van der Waals surface area contributed by atoms with E-state index in [-0.39, 0.29) is 0 Å². The summed E-state index contributed by atoms with van der Waals surface area (Å²) in [5.74, 6) is 0. The molecule has 0 aromatic heterocycles. The molecule has 0 unspecified atom stereocenters. The molecular weight excluding hydrogens is 198 g/mol. The Labute approximate surface area is 88.3 Å². The number of hydrogen-bond acceptors (Lipinski definition) is 4. The number of unbranched alkanes of at least 4 members (excludes halogenated alkanes) is 1. The predicted molar refractivity (Wildman–Crippen MR) is 59.4 cm³/mol. The van der Waals surface area contributed by atoms with Gasteiger partial charge in [0.2, 0.25) is 0 Å². The average molecular weight is 221 g/mol. The van der Waals surface area contributed by atoms with Crippen molar-refractivity contribution in [3.63, 3.8) is 0 Å². The maximum absolute atomic E-state index is 5.30. The highest BCUT2D eigenvalue weighted by Crippen LogP contribution is 2.10. The van der Waals surface area contributed by atoms with Crippen molar-refractivity contribution in [3.8, 4) is 0 Å². The Morgan fingerprint density at radius 3 is 2.00 bits per heavy atom. The summed E-state index contributed by atoms with van der Waals surface area (Å²) in [6, 6.07) is 0.820. The monoisotopic (exact) mass is 221 g/mol. The van der Waals surface area contributed by atoms with E-state index < -0.39 is 8.80 Å². The molecule has 14 heavy (non-hydrogen) atoms. The van der Waals surface area contributed by atoms with Crippen molar-refractivity contribution >= 4 is 8.80 Å². The van der Waals surface area contributed by atoms with Gasteiger partial charge < -0.3 is 18.6 Å². The van der Waals surface area contributed by atoms with Gasteiger partial charge in [0.05, 0.1) is 0 Å². The Kier molecular flexibility index (Phi) is 8.41. The summed E-state index contributed by atoms with van der Waals surface area (Å²) in [6.07, 6.45) is 2.43. The second-order valence-corrected chi connectivity index (χ2v) is 6.24. The first kappa shape index (κ1) is 14.1. The minimum absolute atomic E-state index is 0.820. The van der Waals surface area contributed by atoms with Gasteiger partial charge in [0.15, 0.2) is 0 Å². The highest BCUT2D eigenvalue weighted by Gasteiger charge is 2.36. The predicted octanol–water partition coefficient (Wildman–Crippen LogP) is 1.25. The summed E-state index contributed by atoms with van der Waals surface area (Å²) in [6.45, 7) is 4.13. The number of rotatable bonds is 9. The normalized spacial score (nSPS) is 12.0. The van der Waals surface area contributed by atoms with Crippen molar-refractivity contribution in [2.45, 2.75) is 25.8 Å². The summed E-state index contributed by atoms with van der Waals surface area (Å²) in [4.78, 5) is 0. The Bertz CT molecular complexity index is 123. The molecule has 5 heteroatoms. The van der Waals surface area contributed by atoms with E-state index in [4.69, 9.17) is 13.3 Å². The lowest BCUT2D eigenvalue weighted by Crippen LogP contribution is -2.45. The first-order valence-electron chi connectivity index (χ1n) is 5.10. The molecule has 0 aliphatic carbocycles. The molecule has 0 aromatic carbocycles. The SMILES string of the molecule is CCCCNCC[Si](OC)(OC)OC. The lowest BCUT2D eigenvalue weighted by molar-refractivity contribution is 0.123. The molecule has 0 rings (SSSR count). The smallest absolute Gasteiger partial charge is 0.377 e. The van der Waals surface area contributed by atoms with E-state index in [1.165, 1.54) is 12.8 Å². The molecule has 0 fully saturated rings. The van der Waals surface area contributed by atoms with Crippen LogP contribution in [0.2, 0.25) is 6.04 Å². The third-order valence-corrected chi connectivity index (χ3v) is 4.98. The molecular formula is C9H23NO3Si. The molecule has 0 bridgehead atoms. The highest BCUT2D eigenvalue weighted by molar-refractivity contribution is 6.60. The fourth-order valence-corrected chi connectivity index (χ4v) is 2.82. The van der Waals surface area contributed by atoms with Crippen LogP contribution in [0.3, 0.4) is 0 Å². The van der Waals surface area contributed by atoms with E-state index in [1.54, 1.807) is 21.3 Å². The summed E-state index contributed by atoms with van der Waals surface area (Å²) >= 11 is 0. The van der Waals surface area contributed by atoms with Gasteiger partial charge in [-0.3, -0.25) is 0 Å². The minimum atomic E-state index is -2.34. The Balaban J connectivity index is 3.61. The number of nitrogens with one attached hydrogen (secondary N) is 1. The second-order valence-electron chi connectivity index (χ2n) is 3.15. The van der Waals surface area contributed by atoms with Crippen molar-refractivity contribution in [3.05, 3.63) is 0 Å². The number of hydrogen-bond donors (Lipinski definition) is 1. The molecule has 0 saturated carbocycles. The van der Waals surface area contributed by atoms with Gasteiger partial charge in [-0.05, 0) is 19.5 Å².